The van der Waals surface area contributed by atoms with E-state index in [1.807, 2.05) is 0 Å². The molecule has 0 bridgehead atoms. The van der Waals surface area contributed by atoms with Gasteiger partial charge in [-0.2, -0.15) is 0 Å². The quantitative estimate of drug-likeness (QED) is 0.780. The smallest absolute Gasteiger partial charge is 0.311 e. The van der Waals surface area contributed by atoms with E-state index in [4.69, 9.17) is 10.8 Å². The summed E-state index contributed by atoms with van der Waals surface area (Å²) < 4.78 is 26.1. The van der Waals surface area contributed by atoms with Crippen molar-refractivity contribution in [1.82, 2.24) is 0 Å². The molecule has 88 valence electrons. The molecule has 0 saturated carbocycles. The van der Waals surface area contributed by atoms with Crippen LogP contribution in [-0.2, 0) is 4.79 Å². The highest BCUT2D eigenvalue weighted by atomic mass is 19.1. The van der Waals surface area contributed by atoms with Crippen molar-refractivity contribution in [3.8, 4) is 0 Å². The molecule has 1 aromatic rings. The number of carbonyl (C=O) groups is 1. The summed E-state index contributed by atoms with van der Waals surface area (Å²) in [5.74, 6) is -3.82. The summed E-state index contributed by atoms with van der Waals surface area (Å²) in [4.78, 5) is 11.0. The molecule has 16 heavy (non-hydrogen) atoms. The largest absolute Gasteiger partial charge is 0.481 e. The molecule has 1 aromatic carbocycles. The molecular weight excluding hydrogens is 216 g/mol. The van der Waals surface area contributed by atoms with E-state index in [0.29, 0.717) is 18.9 Å². The predicted octanol–water partition coefficient (Wildman–Crippen LogP) is 2.52. The second-order valence-electron chi connectivity index (χ2n) is 3.57. The van der Waals surface area contributed by atoms with E-state index in [2.05, 4.69) is 0 Å². The summed E-state index contributed by atoms with van der Waals surface area (Å²) in [6.07, 6.45) is 0.886. The standard InChI is InChI=1S/C11H13F2NO2/c1-2-3-7(11(15)16)8-4-6(12)5-9(13)10(8)14/h4-5,7H,2-3,14H2,1H3,(H,15,16). The molecule has 5 heteroatoms. The SMILES string of the molecule is CCCC(C(=O)O)c1cc(F)cc(F)c1N. The fourth-order valence-electron chi connectivity index (χ4n) is 1.59. The number of hydrogen-bond donors (Lipinski definition) is 2. The molecule has 3 N–H and O–H groups in total. The number of anilines is 1. The lowest BCUT2D eigenvalue weighted by Gasteiger charge is -2.14. The lowest BCUT2D eigenvalue weighted by Crippen LogP contribution is -2.14. The Morgan fingerprint density at radius 1 is 1.50 bits per heavy atom. The lowest BCUT2D eigenvalue weighted by atomic mass is 9.93. The van der Waals surface area contributed by atoms with E-state index in [9.17, 15) is 13.6 Å². The molecular formula is C11H13F2NO2. The van der Waals surface area contributed by atoms with Crippen LogP contribution in [0.4, 0.5) is 14.5 Å². The van der Waals surface area contributed by atoms with Gasteiger partial charge in [0.05, 0.1) is 11.6 Å². The highest BCUT2D eigenvalue weighted by Gasteiger charge is 2.23. The van der Waals surface area contributed by atoms with E-state index in [0.717, 1.165) is 6.07 Å². The van der Waals surface area contributed by atoms with Crippen LogP contribution in [0.1, 0.15) is 31.2 Å². The fraction of sp³-hybridized carbons (Fsp3) is 0.364. The van der Waals surface area contributed by atoms with Crippen molar-refractivity contribution >= 4 is 11.7 Å². The van der Waals surface area contributed by atoms with Crippen LogP contribution in [0.3, 0.4) is 0 Å². The molecule has 0 radical (unpaired) electrons. The molecule has 0 amide bonds. The zero-order valence-electron chi connectivity index (χ0n) is 8.84. The van der Waals surface area contributed by atoms with Gasteiger partial charge in [-0.1, -0.05) is 13.3 Å². The summed E-state index contributed by atoms with van der Waals surface area (Å²) in [5, 5.41) is 8.96. The summed E-state index contributed by atoms with van der Waals surface area (Å²) in [5.41, 5.74) is 5.13. The van der Waals surface area contributed by atoms with Gasteiger partial charge in [0.25, 0.3) is 0 Å². The maximum atomic E-state index is 13.1. The molecule has 0 saturated heterocycles. The molecule has 0 aliphatic heterocycles. The van der Waals surface area contributed by atoms with Gasteiger partial charge in [-0.3, -0.25) is 4.79 Å². The maximum absolute atomic E-state index is 13.1. The van der Waals surface area contributed by atoms with E-state index in [1.165, 1.54) is 0 Å². The fourth-order valence-corrected chi connectivity index (χ4v) is 1.59. The van der Waals surface area contributed by atoms with Crippen molar-refractivity contribution < 1.29 is 18.7 Å². The Morgan fingerprint density at radius 2 is 2.12 bits per heavy atom. The third-order valence-electron chi connectivity index (χ3n) is 2.38. The minimum Gasteiger partial charge on any atom is -0.481 e. The summed E-state index contributed by atoms with van der Waals surface area (Å²) in [6.45, 7) is 1.79. The first-order valence-corrected chi connectivity index (χ1v) is 4.94. The number of hydrogen-bond acceptors (Lipinski definition) is 2. The number of nitrogen functional groups attached to an aromatic ring is 1. The van der Waals surface area contributed by atoms with E-state index in [-0.39, 0.29) is 11.3 Å². The van der Waals surface area contributed by atoms with Crippen LogP contribution >= 0.6 is 0 Å². The Kier molecular flexibility index (Phi) is 3.82. The van der Waals surface area contributed by atoms with Crippen molar-refractivity contribution in [3.05, 3.63) is 29.3 Å². The minimum atomic E-state index is -1.13. The van der Waals surface area contributed by atoms with Gasteiger partial charge in [-0.25, -0.2) is 8.78 Å². The van der Waals surface area contributed by atoms with Gasteiger partial charge in [0.1, 0.15) is 11.6 Å². The number of aliphatic carboxylic acids is 1. The molecule has 0 aromatic heterocycles. The van der Waals surface area contributed by atoms with Crippen LogP contribution in [0.15, 0.2) is 12.1 Å². The average molecular weight is 229 g/mol. The van der Waals surface area contributed by atoms with Gasteiger partial charge in [0, 0.05) is 6.07 Å². The Morgan fingerprint density at radius 3 is 2.62 bits per heavy atom. The number of carboxylic acid groups (broad SMARTS) is 1. The van der Waals surface area contributed by atoms with Crippen molar-refractivity contribution in [2.75, 3.05) is 5.73 Å². The van der Waals surface area contributed by atoms with E-state index < -0.39 is 23.5 Å². The van der Waals surface area contributed by atoms with E-state index in [1.54, 1.807) is 6.92 Å². The summed E-state index contributed by atoms with van der Waals surface area (Å²) in [6, 6.07) is 1.62. The second-order valence-corrected chi connectivity index (χ2v) is 3.57. The average Bonchev–Trinajstić information content (AvgIpc) is 2.20. The lowest BCUT2D eigenvalue weighted by molar-refractivity contribution is -0.139. The van der Waals surface area contributed by atoms with Gasteiger partial charge in [0.15, 0.2) is 0 Å². The zero-order valence-corrected chi connectivity index (χ0v) is 8.84. The normalized spacial score (nSPS) is 12.4. The minimum absolute atomic E-state index is 0.00634. The number of carboxylic acids is 1. The third-order valence-corrected chi connectivity index (χ3v) is 2.38. The van der Waals surface area contributed by atoms with Crippen molar-refractivity contribution in [2.45, 2.75) is 25.7 Å². The van der Waals surface area contributed by atoms with Crippen molar-refractivity contribution in [2.24, 2.45) is 0 Å². The molecule has 1 atom stereocenters. The Hall–Kier alpha value is -1.65. The van der Waals surface area contributed by atoms with Gasteiger partial charge >= 0.3 is 5.97 Å². The summed E-state index contributed by atoms with van der Waals surface area (Å²) in [7, 11) is 0. The molecule has 1 rings (SSSR count). The van der Waals surface area contributed by atoms with Crippen LogP contribution in [0.2, 0.25) is 0 Å². The van der Waals surface area contributed by atoms with Gasteiger partial charge in [-0.15, -0.1) is 0 Å². The van der Waals surface area contributed by atoms with E-state index >= 15 is 0 Å². The maximum Gasteiger partial charge on any atom is 0.311 e. The van der Waals surface area contributed by atoms with Crippen LogP contribution in [0.25, 0.3) is 0 Å². The Balaban J connectivity index is 3.23. The number of rotatable bonds is 4. The van der Waals surface area contributed by atoms with Crippen LogP contribution in [0, 0.1) is 11.6 Å². The predicted molar refractivity (Wildman–Crippen MR) is 56.1 cm³/mol. The van der Waals surface area contributed by atoms with Gasteiger partial charge in [-0.05, 0) is 18.1 Å². The molecule has 0 heterocycles. The topological polar surface area (TPSA) is 63.3 Å². The molecule has 0 aliphatic carbocycles. The Labute approximate surface area is 91.9 Å². The first-order valence-electron chi connectivity index (χ1n) is 4.94. The van der Waals surface area contributed by atoms with Crippen LogP contribution in [0.5, 0.6) is 0 Å². The zero-order chi connectivity index (χ0) is 12.3. The van der Waals surface area contributed by atoms with Crippen molar-refractivity contribution in [1.29, 1.82) is 0 Å². The molecule has 0 fully saturated rings. The number of nitrogens with two attached hydrogens (primary N) is 1. The van der Waals surface area contributed by atoms with Crippen LogP contribution in [-0.4, -0.2) is 11.1 Å². The third kappa shape index (κ3) is 2.48. The molecule has 0 aliphatic rings. The molecule has 1 unspecified atom stereocenters. The summed E-state index contributed by atoms with van der Waals surface area (Å²) >= 11 is 0. The molecule has 0 spiro atoms. The number of benzene rings is 1. The monoisotopic (exact) mass is 229 g/mol. The van der Waals surface area contributed by atoms with Gasteiger partial charge in [0.2, 0.25) is 0 Å². The van der Waals surface area contributed by atoms with Crippen molar-refractivity contribution in [3.63, 3.8) is 0 Å². The van der Waals surface area contributed by atoms with Gasteiger partial charge < -0.3 is 10.8 Å². The molecule has 3 nitrogen and oxygen atoms in total. The number of halogens is 2. The second kappa shape index (κ2) is 4.92. The first kappa shape index (κ1) is 12.4. The first-order chi connectivity index (χ1) is 7.47. The Bertz CT molecular complexity index is 407. The van der Waals surface area contributed by atoms with Crippen LogP contribution < -0.4 is 5.73 Å². The highest BCUT2D eigenvalue weighted by Crippen LogP contribution is 2.29. The highest BCUT2D eigenvalue weighted by molar-refractivity contribution is 5.78.